The van der Waals surface area contributed by atoms with Gasteiger partial charge in [-0.3, -0.25) is 0 Å². The number of rotatable bonds is 5. The first-order chi connectivity index (χ1) is 8.36. The van der Waals surface area contributed by atoms with Crippen LogP contribution in [0.4, 0.5) is 19.0 Å². The van der Waals surface area contributed by atoms with Crippen molar-refractivity contribution in [2.75, 3.05) is 11.9 Å². The van der Waals surface area contributed by atoms with Gasteiger partial charge >= 0.3 is 6.18 Å². The Morgan fingerprint density at radius 2 is 1.89 bits per heavy atom. The standard InChI is InChI=1S/C12H16ClF3N2/c1-3-8(4-2)7-17-11-6-9(12(14,15)16)5-10(13)18-11/h5-6,8H,3-4,7H2,1-2H3,(H,17,18). The Labute approximate surface area is 110 Å². The molecule has 0 aliphatic rings. The maximum absolute atomic E-state index is 12.6. The number of aromatic nitrogens is 1. The molecule has 0 aliphatic carbocycles. The molecular weight excluding hydrogens is 265 g/mol. The van der Waals surface area contributed by atoms with E-state index >= 15 is 0 Å². The van der Waals surface area contributed by atoms with E-state index in [1.165, 1.54) is 0 Å². The highest BCUT2D eigenvalue weighted by atomic mass is 35.5. The van der Waals surface area contributed by atoms with Gasteiger partial charge in [0.15, 0.2) is 0 Å². The highest BCUT2D eigenvalue weighted by Gasteiger charge is 2.31. The minimum absolute atomic E-state index is 0.156. The van der Waals surface area contributed by atoms with Gasteiger partial charge in [-0.25, -0.2) is 4.98 Å². The zero-order chi connectivity index (χ0) is 13.8. The SMILES string of the molecule is CCC(CC)CNc1cc(C(F)(F)F)cc(Cl)n1. The van der Waals surface area contributed by atoms with Gasteiger partial charge in [0, 0.05) is 6.54 Å². The minimum atomic E-state index is -4.40. The summed E-state index contributed by atoms with van der Waals surface area (Å²) in [4.78, 5) is 3.84. The van der Waals surface area contributed by atoms with Gasteiger partial charge in [0.2, 0.25) is 0 Å². The minimum Gasteiger partial charge on any atom is -0.370 e. The van der Waals surface area contributed by atoms with Crippen molar-refractivity contribution in [2.45, 2.75) is 32.9 Å². The number of halogens is 4. The van der Waals surface area contributed by atoms with Crippen molar-refractivity contribution in [1.82, 2.24) is 4.98 Å². The van der Waals surface area contributed by atoms with Gasteiger partial charge in [0.05, 0.1) is 5.56 Å². The van der Waals surface area contributed by atoms with E-state index in [1.807, 2.05) is 13.8 Å². The second-order valence-electron chi connectivity index (χ2n) is 4.12. The molecule has 1 aromatic rings. The van der Waals surface area contributed by atoms with Gasteiger partial charge in [-0.05, 0) is 18.1 Å². The molecule has 1 aromatic heterocycles. The van der Waals surface area contributed by atoms with Gasteiger partial charge in [-0.2, -0.15) is 13.2 Å². The first-order valence-electron chi connectivity index (χ1n) is 5.85. The third kappa shape index (κ3) is 4.37. The second kappa shape index (κ2) is 6.27. The third-order valence-corrected chi connectivity index (χ3v) is 3.04. The molecule has 0 unspecified atom stereocenters. The number of hydrogen-bond donors (Lipinski definition) is 1. The Morgan fingerprint density at radius 3 is 2.39 bits per heavy atom. The lowest BCUT2D eigenvalue weighted by molar-refractivity contribution is -0.137. The van der Waals surface area contributed by atoms with Crippen molar-refractivity contribution in [3.63, 3.8) is 0 Å². The van der Waals surface area contributed by atoms with Crippen molar-refractivity contribution in [2.24, 2.45) is 5.92 Å². The molecule has 0 saturated heterocycles. The highest BCUT2D eigenvalue weighted by Crippen LogP contribution is 2.32. The fraction of sp³-hybridized carbons (Fsp3) is 0.583. The van der Waals surface area contributed by atoms with Gasteiger partial charge in [0.1, 0.15) is 11.0 Å². The summed E-state index contributed by atoms with van der Waals surface area (Å²) in [7, 11) is 0. The van der Waals surface area contributed by atoms with Crippen LogP contribution in [0.15, 0.2) is 12.1 Å². The molecule has 0 atom stereocenters. The summed E-state index contributed by atoms with van der Waals surface area (Å²) in [5.41, 5.74) is -0.783. The van der Waals surface area contributed by atoms with Crippen LogP contribution < -0.4 is 5.32 Å². The molecule has 1 N–H and O–H groups in total. The van der Waals surface area contributed by atoms with E-state index in [0.717, 1.165) is 25.0 Å². The molecule has 6 heteroatoms. The van der Waals surface area contributed by atoms with Crippen LogP contribution in [0.25, 0.3) is 0 Å². The molecule has 1 rings (SSSR count). The van der Waals surface area contributed by atoms with Crippen molar-refractivity contribution in [3.05, 3.63) is 22.8 Å². The summed E-state index contributed by atoms with van der Waals surface area (Å²) < 4.78 is 37.7. The molecule has 0 bridgehead atoms. The van der Waals surface area contributed by atoms with Gasteiger partial charge in [-0.1, -0.05) is 38.3 Å². The lowest BCUT2D eigenvalue weighted by Gasteiger charge is -2.15. The molecule has 18 heavy (non-hydrogen) atoms. The average molecular weight is 281 g/mol. The van der Waals surface area contributed by atoms with Crippen LogP contribution in [-0.4, -0.2) is 11.5 Å². The monoisotopic (exact) mass is 280 g/mol. The Kier molecular flexibility index (Phi) is 5.26. The van der Waals surface area contributed by atoms with Crippen LogP contribution in [0.3, 0.4) is 0 Å². The molecule has 0 aromatic carbocycles. The van der Waals surface area contributed by atoms with Crippen molar-refractivity contribution < 1.29 is 13.2 Å². The Bertz CT molecular complexity index is 389. The molecule has 2 nitrogen and oxygen atoms in total. The molecule has 0 amide bonds. The summed E-state index contributed by atoms with van der Waals surface area (Å²) in [5.74, 6) is 0.585. The van der Waals surface area contributed by atoms with Crippen molar-refractivity contribution >= 4 is 17.4 Å². The maximum atomic E-state index is 12.6. The lowest BCUT2D eigenvalue weighted by Crippen LogP contribution is -2.14. The normalized spacial score (nSPS) is 11.9. The Balaban J connectivity index is 2.81. The predicted molar refractivity (Wildman–Crippen MR) is 66.8 cm³/mol. The van der Waals surface area contributed by atoms with E-state index < -0.39 is 11.7 Å². The number of anilines is 1. The highest BCUT2D eigenvalue weighted by molar-refractivity contribution is 6.29. The number of nitrogens with zero attached hydrogens (tertiary/aromatic N) is 1. The lowest BCUT2D eigenvalue weighted by atomic mass is 10.0. The number of alkyl halides is 3. The second-order valence-corrected chi connectivity index (χ2v) is 4.51. The third-order valence-electron chi connectivity index (χ3n) is 2.85. The summed E-state index contributed by atoms with van der Waals surface area (Å²) in [6.07, 6.45) is -2.47. The molecule has 0 saturated carbocycles. The first-order valence-corrected chi connectivity index (χ1v) is 6.23. The van der Waals surface area contributed by atoms with E-state index in [9.17, 15) is 13.2 Å². The van der Waals surface area contributed by atoms with Crippen molar-refractivity contribution in [1.29, 1.82) is 0 Å². The molecule has 0 fully saturated rings. The van der Waals surface area contributed by atoms with Gasteiger partial charge < -0.3 is 5.32 Å². The van der Waals surface area contributed by atoms with Crippen LogP contribution in [0.5, 0.6) is 0 Å². The first kappa shape index (κ1) is 15.1. The number of hydrogen-bond acceptors (Lipinski definition) is 2. The van der Waals surface area contributed by atoms with Gasteiger partial charge in [-0.15, -0.1) is 0 Å². The number of pyridine rings is 1. The molecule has 0 aliphatic heterocycles. The molecule has 0 spiro atoms. The fourth-order valence-electron chi connectivity index (χ4n) is 1.58. The predicted octanol–water partition coefficient (Wildman–Crippen LogP) is 4.60. The van der Waals surface area contributed by atoms with Crippen LogP contribution in [-0.2, 0) is 6.18 Å². The molecule has 102 valence electrons. The van der Waals surface area contributed by atoms with E-state index in [2.05, 4.69) is 10.3 Å². The summed E-state index contributed by atoms with van der Waals surface area (Å²) in [6, 6.07) is 1.80. The summed E-state index contributed by atoms with van der Waals surface area (Å²) in [6.45, 7) is 4.68. The smallest absolute Gasteiger partial charge is 0.370 e. The van der Waals surface area contributed by atoms with E-state index in [-0.39, 0.29) is 11.0 Å². The number of nitrogens with one attached hydrogen (secondary N) is 1. The largest absolute Gasteiger partial charge is 0.416 e. The molecule has 0 radical (unpaired) electrons. The summed E-state index contributed by atoms with van der Waals surface area (Å²) >= 11 is 5.59. The van der Waals surface area contributed by atoms with Crippen LogP contribution in [0.2, 0.25) is 5.15 Å². The van der Waals surface area contributed by atoms with E-state index in [4.69, 9.17) is 11.6 Å². The summed E-state index contributed by atoms with van der Waals surface area (Å²) in [5, 5.41) is 2.75. The topological polar surface area (TPSA) is 24.9 Å². The zero-order valence-corrected chi connectivity index (χ0v) is 11.1. The quantitative estimate of drug-likeness (QED) is 0.797. The van der Waals surface area contributed by atoms with Crippen LogP contribution in [0.1, 0.15) is 32.3 Å². The molecular formula is C12H16ClF3N2. The maximum Gasteiger partial charge on any atom is 0.416 e. The fourth-order valence-corrected chi connectivity index (χ4v) is 1.79. The van der Waals surface area contributed by atoms with Crippen molar-refractivity contribution in [3.8, 4) is 0 Å². The van der Waals surface area contributed by atoms with E-state index in [0.29, 0.717) is 12.5 Å². The zero-order valence-electron chi connectivity index (χ0n) is 10.3. The Morgan fingerprint density at radius 1 is 1.28 bits per heavy atom. The van der Waals surface area contributed by atoms with Crippen LogP contribution >= 0.6 is 11.6 Å². The molecule has 1 heterocycles. The van der Waals surface area contributed by atoms with E-state index in [1.54, 1.807) is 0 Å². The average Bonchev–Trinajstić information content (AvgIpc) is 2.28. The Hall–Kier alpha value is -0.970. The van der Waals surface area contributed by atoms with Gasteiger partial charge in [0.25, 0.3) is 0 Å². The van der Waals surface area contributed by atoms with Crippen LogP contribution in [0, 0.1) is 5.92 Å².